The van der Waals surface area contributed by atoms with Crippen LogP contribution in [0.3, 0.4) is 0 Å². The van der Waals surface area contributed by atoms with Crippen LogP contribution in [0.4, 0.5) is 0 Å². The molecule has 1 atom stereocenters. The van der Waals surface area contributed by atoms with Gasteiger partial charge in [0.25, 0.3) is 0 Å². The summed E-state index contributed by atoms with van der Waals surface area (Å²) in [5.74, 6) is 1.54. The van der Waals surface area contributed by atoms with Crippen molar-refractivity contribution in [3.05, 3.63) is 54.1 Å². The number of carbonyl (C=O) groups is 1. The molecule has 2 aromatic rings. The molecule has 1 aromatic carbocycles. The van der Waals surface area contributed by atoms with Crippen molar-refractivity contribution in [2.24, 2.45) is 12.5 Å². The zero-order valence-electron chi connectivity index (χ0n) is 16.8. The number of aromatic nitrogens is 2. The molecule has 3 fully saturated rings. The van der Waals surface area contributed by atoms with E-state index in [1.807, 2.05) is 18.5 Å². The Morgan fingerprint density at radius 1 is 1.14 bits per heavy atom. The summed E-state index contributed by atoms with van der Waals surface area (Å²) >= 11 is 0. The van der Waals surface area contributed by atoms with Crippen molar-refractivity contribution in [1.29, 1.82) is 0 Å². The molecule has 2 aliphatic heterocycles. The van der Waals surface area contributed by atoms with Crippen molar-refractivity contribution >= 4 is 5.91 Å². The van der Waals surface area contributed by atoms with Gasteiger partial charge in [0.2, 0.25) is 5.91 Å². The summed E-state index contributed by atoms with van der Waals surface area (Å²) in [6.45, 7) is 4.09. The first-order chi connectivity index (χ1) is 13.6. The Hall–Kier alpha value is -2.14. The summed E-state index contributed by atoms with van der Waals surface area (Å²) in [6.07, 6.45) is 9.64. The standard InChI is InChI=1S/C23H30N4O/c1-25-14-11-24-21(25)16-26-12-9-23(10-13-26)15-20(18-5-3-2-4-6-18)22(28)27(17-23)19-7-8-19/h2-6,11,14,19-20H,7-10,12-13,15-17H2,1H3/t20-/m0/s1. The summed E-state index contributed by atoms with van der Waals surface area (Å²) in [5.41, 5.74) is 1.47. The maximum atomic E-state index is 13.3. The number of likely N-dealkylation sites (tertiary alicyclic amines) is 2. The Morgan fingerprint density at radius 3 is 2.54 bits per heavy atom. The average Bonchev–Trinajstić information content (AvgIpc) is 3.49. The molecule has 3 heterocycles. The monoisotopic (exact) mass is 378 g/mol. The smallest absolute Gasteiger partial charge is 0.230 e. The van der Waals surface area contributed by atoms with E-state index in [4.69, 9.17) is 0 Å². The molecule has 148 valence electrons. The van der Waals surface area contributed by atoms with E-state index in [2.05, 4.69) is 50.7 Å². The molecule has 28 heavy (non-hydrogen) atoms. The van der Waals surface area contributed by atoms with Crippen LogP contribution in [0.2, 0.25) is 0 Å². The fourth-order valence-corrected chi connectivity index (χ4v) is 5.16. The summed E-state index contributed by atoms with van der Waals surface area (Å²) in [4.78, 5) is 22.5. The highest BCUT2D eigenvalue weighted by atomic mass is 16.2. The number of piperidine rings is 2. The molecule has 1 saturated carbocycles. The van der Waals surface area contributed by atoms with Crippen molar-refractivity contribution in [2.75, 3.05) is 19.6 Å². The zero-order chi connectivity index (χ0) is 19.1. The van der Waals surface area contributed by atoms with Crippen LogP contribution in [-0.2, 0) is 18.4 Å². The molecule has 5 heteroatoms. The molecule has 1 aromatic heterocycles. The second kappa shape index (κ2) is 7.03. The van der Waals surface area contributed by atoms with Crippen molar-refractivity contribution < 1.29 is 4.79 Å². The number of benzene rings is 1. The second-order valence-corrected chi connectivity index (χ2v) is 9.10. The maximum Gasteiger partial charge on any atom is 0.230 e. The lowest BCUT2D eigenvalue weighted by atomic mass is 9.67. The third-order valence-corrected chi connectivity index (χ3v) is 7.12. The highest BCUT2D eigenvalue weighted by molar-refractivity contribution is 5.85. The van der Waals surface area contributed by atoms with Crippen LogP contribution >= 0.6 is 0 Å². The number of amides is 1. The largest absolute Gasteiger partial charge is 0.339 e. The normalized spacial score (nSPS) is 25.4. The first-order valence-electron chi connectivity index (χ1n) is 10.7. The Morgan fingerprint density at radius 2 is 1.89 bits per heavy atom. The van der Waals surface area contributed by atoms with Crippen molar-refractivity contribution in [1.82, 2.24) is 19.4 Å². The summed E-state index contributed by atoms with van der Waals surface area (Å²) in [5, 5.41) is 0. The van der Waals surface area contributed by atoms with Crippen molar-refractivity contribution in [3.8, 4) is 0 Å². The van der Waals surface area contributed by atoms with Crippen molar-refractivity contribution in [2.45, 2.75) is 50.6 Å². The molecule has 0 unspecified atom stereocenters. The first kappa shape index (κ1) is 17.9. The van der Waals surface area contributed by atoms with Gasteiger partial charge < -0.3 is 9.47 Å². The highest BCUT2D eigenvalue weighted by Gasteiger charge is 2.49. The Labute approximate surface area is 167 Å². The molecular weight excluding hydrogens is 348 g/mol. The van der Waals surface area contributed by atoms with Gasteiger partial charge in [0, 0.05) is 32.0 Å². The number of aryl methyl sites for hydroxylation is 1. The van der Waals surface area contributed by atoms with E-state index in [-0.39, 0.29) is 11.3 Å². The molecule has 1 aliphatic carbocycles. The predicted molar refractivity (Wildman–Crippen MR) is 109 cm³/mol. The topological polar surface area (TPSA) is 41.4 Å². The van der Waals surface area contributed by atoms with Gasteiger partial charge in [-0.25, -0.2) is 4.98 Å². The fourth-order valence-electron chi connectivity index (χ4n) is 5.16. The van der Waals surface area contributed by atoms with E-state index in [1.54, 1.807) is 0 Å². The fraction of sp³-hybridized carbons (Fsp3) is 0.565. The number of nitrogens with zero attached hydrogens (tertiary/aromatic N) is 4. The molecular formula is C23H30N4O. The molecule has 2 saturated heterocycles. The molecule has 0 N–H and O–H groups in total. The number of imidazole rings is 1. The quantitative estimate of drug-likeness (QED) is 0.821. The van der Waals surface area contributed by atoms with Crippen LogP contribution in [0.25, 0.3) is 0 Å². The molecule has 5 nitrogen and oxygen atoms in total. The van der Waals surface area contributed by atoms with Crippen LogP contribution in [0, 0.1) is 5.41 Å². The van der Waals surface area contributed by atoms with Gasteiger partial charge in [-0.3, -0.25) is 9.69 Å². The average molecular weight is 379 g/mol. The Balaban J connectivity index is 1.33. The summed E-state index contributed by atoms with van der Waals surface area (Å²) < 4.78 is 2.11. The highest BCUT2D eigenvalue weighted by Crippen LogP contribution is 2.48. The maximum absolute atomic E-state index is 13.3. The van der Waals surface area contributed by atoms with E-state index in [0.717, 1.165) is 38.4 Å². The van der Waals surface area contributed by atoms with E-state index in [9.17, 15) is 4.79 Å². The van der Waals surface area contributed by atoms with Crippen LogP contribution < -0.4 is 0 Å². The van der Waals surface area contributed by atoms with Crippen LogP contribution in [0.5, 0.6) is 0 Å². The van der Waals surface area contributed by atoms with Gasteiger partial charge in [0.05, 0.1) is 12.5 Å². The SMILES string of the molecule is Cn1ccnc1CN1CCC2(CC1)C[C@@H](c1ccccc1)C(=O)N(C1CC1)C2. The van der Waals surface area contributed by atoms with Gasteiger partial charge in [0.1, 0.15) is 5.82 Å². The van der Waals surface area contributed by atoms with E-state index in [0.29, 0.717) is 11.9 Å². The molecule has 3 aliphatic rings. The third kappa shape index (κ3) is 3.37. The summed E-state index contributed by atoms with van der Waals surface area (Å²) in [6, 6.07) is 11.0. The molecule has 5 rings (SSSR count). The van der Waals surface area contributed by atoms with Crippen molar-refractivity contribution in [3.63, 3.8) is 0 Å². The lowest BCUT2D eigenvalue weighted by Gasteiger charge is -2.50. The van der Waals surface area contributed by atoms with E-state index >= 15 is 0 Å². The third-order valence-electron chi connectivity index (χ3n) is 7.12. The van der Waals surface area contributed by atoms with Crippen LogP contribution in [0.15, 0.2) is 42.7 Å². The molecule has 0 radical (unpaired) electrons. The van der Waals surface area contributed by atoms with E-state index in [1.165, 1.54) is 31.2 Å². The van der Waals surface area contributed by atoms with Gasteiger partial charge in [-0.15, -0.1) is 0 Å². The first-order valence-corrected chi connectivity index (χ1v) is 10.7. The lowest BCUT2D eigenvalue weighted by molar-refractivity contribution is -0.142. The molecule has 1 amide bonds. The minimum absolute atomic E-state index is 0.0386. The zero-order valence-corrected chi connectivity index (χ0v) is 16.8. The Kier molecular flexibility index (Phi) is 4.50. The van der Waals surface area contributed by atoms with Crippen LogP contribution in [0.1, 0.15) is 49.4 Å². The minimum atomic E-state index is 0.0386. The van der Waals surface area contributed by atoms with Gasteiger partial charge in [-0.05, 0) is 56.2 Å². The predicted octanol–water partition coefficient (Wildman–Crippen LogP) is 3.18. The van der Waals surface area contributed by atoms with Crippen LogP contribution in [-0.4, -0.2) is 50.9 Å². The number of rotatable bonds is 4. The van der Waals surface area contributed by atoms with Gasteiger partial charge in [-0.2, -0.15) is 0 Å². The van der Waals surface area contributed by atoms with Gasteiger partial charge in [-0.1, -0.05) is 30.3 Å². The Bertz CT molecular complexity index is 833. The summed E-state index contributed by atoms with van der Waals surface area (Å²) in [7, 11) is 2.07. The molecule has 1 spiro atoms. The van der Waals surface area contributed by atoms with Gasteiger partial charge in [0.15, 0.2) is 0 Å². The minimum Gasteiger partial charge on any atom is -0.339 e. The lowest BCUT2D eigenvalue weighted by Crippen LogP contribution is -2.54. The second-order valence-electron chi connectivity index (χ2n) is 9.10. The van der Waals surface area contributed by atoms with E-state index < -0.39 is 0 Å². The number of hydrogen-bond acceptors (Lipinski definition) is 3. The number of carbonyl (C=O) groups excluding carboxylic acids is 1. The van der Waals surface area contributed by atoms with Gasteiger partial charge >= 0.3 is 0 Å². The number of hydrogen-bond donors (Lipinski definition) is 0. The molecule has 0 bridgehead atoms.